The summed E-state index contributed by atoms with van der Waals surface area (Å²) in [5.41, 5.74) is 6.39. The topological polar surface area (TPSA) is 50.9 Å². The van der Waals surface area contributed by atoms with Crippen molar-refractivity contribution in [2.45, 2.75) is 0 Å². The number of nitrogens with one attached hydrogen (secondary N) is 1. The van der Waals surface area contributed by atoms with Crippen LogP contribution in [0.3, 0.4) is 0 Å². The molecule has 0 aliphatic rings. The lowest BCUT2D eigenvalue weighted by molar-refractivity contribution is 1.01. The van der Waals surface area contributed by atoms with Gasteiger partial charge in [0, 0.05) is 22.9 Å². The van der Waals surface area contributed by atoms with Crippen LogP contribution in [0.25, 0.3) is 10.9 Å². The smallest absolute Gasteiger partial charge is 0.126 e. The number of aromatic nitrogens is 1. The Kier molecular flexibility index (Phi) is 3.18. The molecular formula is C11H12BrN3. The van der Waals surface area contributed by atoms with Gasteiger partial charge in [0.2, 0.25) is 0 Å². The number of nitrogens with zero attached hydrogens (tertiary/aromatic N) is 1. The van der Waals surface area contributed by atoms with Crippen LogP contribution < -0.4 is 11.1 Å². The van der Waals surface area contributed by atoms with E-state index >= 15 is 0 Å². The highest BCUT2D eigenvalue weighted by molar-refractivity contribution is 9.10. The maximum absolute atomic E-state index is 5.42. The van der Waals surface area contributed by atoms with Gasteiger partial charge in [-0.25, -0.2) is 4.98 Å². The van der Waals surface area contributed by atoms with Gasteiger partial charge in [-0.1, -0.05) is 12.1 Å². The van der Waals surface area contributed by atoms with E-state index in [0.717, 1.165) is 27.7 Å². The number of halogens is 1. The third-order valence-electron chi connectivity index (χ3n) is 2.12. The van der Waals surface area contributed by atoms with Crippen molar-refractivity contribution in [2.24, 2.45) is 5.73 Å². The standard InChI is InChI=1S/C11H12BrN3/c12-9-3-1-2-8-4-5-10(14-7-6-13)15-11(8)9/h1-5H,6-7,13H2,(H,14,15). The lowest BCUT2D eigenvalue weighted by atomic mass is 10.2. The number of nitrogens with two attached hydrogens (primary N) is 1. The van der Waals surface area contributed by atoms with E-state index in [0.29, 0.717) is 6.54 Å². The molecule has 0 unspecified atom stereocenters. The van der Waals surface area contributed by atoms with Gasteiger partial charge in [0.1, 0.15) is 5.82 Å². The molecule has 0 aliphatic carbocycles. The first-order valence-electron chi connectivity index (χ1n) is 4.80. The zero-order chi connectivity index (χ0) is 10.7. The van der Waals surface area contributed by atoms with Gasteiger partial charge < -0.3 is 11.1 Å². The van der Waals surface area contributed by atoms with Gasteiger partial charge in [0.15, 0.2) is 0 Å². The Morgan fingerprint density at radius 1 is 1.27 bits per heavy atom. The van der Waals surface area contributed by atoms with Gasteiger partial charge in [0.25, 0.3) is 0 Å². The van der Waals surface area contributed by atoms with Crippen LogP contribution in [0, 0.1) is 0 Å². The van der Waals surface area contributed by atoms with E-state index in [-0.39, 0.29) is 0 Å². The fourth-order valence-corrected chi connectivity index (χ4v) is 1.88. The molecule has 78 valence electrons. The number of benzene rings is 1. The zero-order valence-electron chi connectivity index (χ0n) is 8.20. The molecule has 4 heteroatoms. The van der Waals surface area contributed by atoms with Crippen LogP contribution in [0.15, 0.2) is 34.8 Å². The summed E-state index contributed by atoms with van der Waals surface area (Å²) in [6.07, 6.45) is 0. The number of hydrogen-bond acceptors (Lipinski definition) is 3. The van der Waals surface area contributed by atoms with E-state index in [1.807, 2.05) is 30.3 Å². The van der Waals surface area contributed by atoms with Crippen molar-refractivity contribution in [3.63, 3.8) is 0 Å². The van der Waals surface area contributed by atoms with E-state index in [4.69, 9.17) is 5.73 Å². The van der Waals surface area contributed by atoms with Gasteiger partial charge >= 0.3 is 0 Å². The molecular weight excluding hydrogens is 254 g/mol. The van der Waals surface area contributed by atoms with Gasteiger partial charge in [-0.3, -0.25) is 0 Å². The summed E-state index contributed by atoms with van der Waals surface area (Å²) < 4.78 is 1.01. The molecule has 3 N–H and O–H groups in total. The Morgan fingerprint density at radius 3 is 2.93 bits per heavy atom. The van der Waals surface area contributed by atoms with E-state index in [9.17, 15) is 0 Å². The second-order valence-corrected chi connectivity index (χ2v) is 4.08. The van der Waals surface area contributed by atoms with Crippen LogP contribution in [0.2, 0.25) is 0 Å². The van der Waals surface area contributed by atoms with E-state index in [1.54, 1.807) is 0 Å². The molecule has 0 saturated heterocycles. The summed E-state index contributed by atoms with van der Waals surface area (Å²) >= 11 is 3.48. The summed E-state index contributed by atoms with van der Waals surface area (Å²) in [5.74, 6) is 0.861. The van der Waals surface area contributed by atoms with Crippen molar-refractivity contribution in [1.82, 2.24) is 4.98 Å². The van der Waals surface area contributed by atoms with Crippen LogP contribution in [-0.2, 0) is 0 Å². The highest BCUT2D eigenvalue weighted by Gasteiger charge is 2.00. The Morgan fingerprint density at radius 2 is 2.13 bits per heavy atom. The maximum Gasteiger partial charge on any atom is 0.126 e. The maximum atomic E-state index is 5.42. The zero-order valence-corrected chi connectivity index (χ0v) is 9.79. The van der Waals surface area contributed by atoms with Crippen molar-refractivity contribution in [3.05, 3.63) is 34.8 Å². The lowest BCUT2D eigenvalue weighted by Crippen LogP contribution is -2.13. The molecule has 0 saturated carbocycles. The fourth-order valence-electron chi connectivity index (χ4n) is 1.41. The van der Waals surface area contributed by atoms with E-state index < -0.39 is 0 Å². The van der Waals surface area contributed by atoms with Crippen molar-refractivity contribution in [1.29, 1.82) is 0 Å². The fraction of sp³-hybridized carbons (Fsp3) is 0.182. The van der Waals surface area contributed by atoms with E-state index in [1.165, 1.54) is 0 Å². The number of para-hydroxylation sites is 1. The van der Waals surface area contributed by atoms with Crippen LogP contribution in [0.1, 0.15) is 0 Å². The number of pyridine rings is 1. The first-order valence-corrected chi connectivity index (χ1v) is 5.60. The average Bonchev–Trinajstić information content (AvgIpc) is 2.27. The first kappa shape index (κ1) is 10.4. The van der Waals surface area contributed by atoms with Crippen molar-refractivity contribution in [3.8, 4) is 0 Å². The van der Waals surface area contributed by atoms with Gasteiger partial charge in [-0.15, -0.1) is 0 Å². The SMILES string of the molecule is NCCNc1ccc2cccc(Br)c2n1. The Hall–Kier alpha value is -1.13. The van der Waals surface area contributed by atoms with Gasteiger partial charge in [0.05, 0.1) is 5.52 Å². The van der Waals surface area contributed by atoms with E-state index in [2.05, 4.69) is 26.2 Å². The first-order chi connectivity index (χ1) is 7.31. The predicted molar refractivity (Wildman–Crippen MR) is 67.0 cm³/mol. The molecule has 3 nitrogen and oxygen atoms in total. The summed E-state index contributed by atoms with van der Waals surface area (Å²) in [5, 5.41) is 4.28. The molecule has 0 fully saturated rings. The third-order valence-corrected chi connectivity index (χ3v) is 2.76. The summed E-state index contributed by atoms with van der Waals surface area (Å²) in [7, 11) is 0. The van der Waals surface area contributed by atoms with Gasteiger partial charge in [-0.2, -0.15) is 0 Å². The van der Waals surface area contributed by atoms with Crippen LogP contribution in [0.4, 0.5) is 5.82 Å². The molecule has 15 heavy (non-hydrogen) atoms. The van der Waals surface area contributed by atoms with Crippen molar-refractivity contribution < 1.29 is 0 Å². The number of rotatable bonds is 3. The molecule has 0 bridgehead atoms. The second-order valence-electron chi connectivity index (χ2n) is 3.22. The third kappa shape index (κ3) is 2.27. The lowest BCUT2D eigenvalue weighted by Gasteiger charge is -2.05. The highest BCUT2D eigenvalue weighted by atomic mass is 79.9. The Labute approximate surface area is 96.8 Å². The summed E-state index contributed by atoms with van der Waals surface area (Å²) in [6, 6.07) is 10.0. The molecule has 0 radical (unpaired) electrons. The van der Waals surface area contributed by atoms with Crippen LogP contribution in [-0.4, -0.2) is 18.1 Å². The molecule has 1 aromatic carbocycles. The second kappa shape index (κ2) is 4.59. The van der Waals surface area contributed by atoms with Crippen LogP contribution in [0.5, 0.6) is 0 Å². The Bertz CT molecular complexity index is 470. The molecule has 2 rings (SSSR count). The predicted octanol–water partition coefficient (Wildman–Crippen LogP) is 2.37. The number of anilines is 1. The molecule has 1 aromatic heterocycles. The number of fused-ring (bicyclic) bond motifs is 1. The van der Waals surface area contributed by atoms with Crippen molar-refractivity contribution in [2.75, 3.05) is 18.4 Å². The minimum atomic E-state index is 0.607. The minimum Gasteiger partial charge on any atom is -0.369 e. The monoisotopic (exact) mass is 265 g/mol. The Balaban J connectivity index is 2.41. The summed E-state index contributed by atoms with van der Waals surface area (Å²) in [6.45, 7) is 1.35. The van der Waals surface area contributed by atoms with Crippen molar-refractivity contribution >= 4 is 32.7 Å². The molecule has 1 heterocycles. The van der Waals surface area contributed by atoms with Crippen LogP contribution >= 0.6 is 15.9 Å². The molecule has 0 aliphatic heterocycles. The largest absolute Gasteiger partial charge is 0.369 e. The molecule has 0 amide bonds. The van der Waals surface area contributed by atoms with Gasteiger partial charge in [-0.05, 0) is 34.1 Å². The number of hydrogen-bond donors (Lipinski definition) is 2. The average molecular weight is 266 g/mol. The quantitative estimate of drug-likeness (QED) is 0.896. The molecule has 2 aromatic rings. The minimum absolute atomic E-state index is 0.607. The highest BCUT2D eigenvalue weighted by Crippen LogP contribution is 2.23. The molecule has 0 spiro atoms. The normalized spacial score (nSPS) is 10.5. The summed E-state index contributed by atoms with van der Waals surface area (Å²) in [4.78, 5) is 4.50. The molecule has 0 atom stereocenters.